The summed E-state index contributed by atoms with van der Waals surface area (Å²) in [5.74, 6) is 2.11. The first-order valence-corrected chi connectivity index (χ1v) is 7.97. The van der Waals surface area contributed by atoms with Gasteiger partial charge in [-0.2, -0.15) is 0 Å². The summed E-state index contributed by atoms with van der Waals surface area (Å²) in [6, 6.07) is 4.10. The highest BCUT2D eigenvalue weighted by Gasteiger charge is 2.26. The van der Waals surface area contributed by atoms with Crippen LogP contribution in [0.2, 0.25) is 5.02 Å². The Morgan fingerprint density at radius 2 is 1.76 bits per heavy atom. The molecule has 1 aliphatic heterocycles. The van der Waals surface area contributed by atoms with Crippen molar-refractivity contribution < 1.29 is 9.47 Å². The predicted molar refractivity (Wildman–Crippen MR) is 87.5 cm³/mol. The van der Waals surface area contributed by atoms with Gasteiger partial charge in [-0.3, -0.25) is 0 Å². The molecule has 4 heteroatoms. The summed E-state index contributed by atoms with van der Waals surface area (Å²) in [4.78, 5) is 0. The molecule has 0 saturated carbocycles. The second kappa shape index (κ2) is 6.45. The number of nitrogens with one attached hydrogen (secondary N) is 1. The Hall–Kier alpha value is -0.930. The van der Waals surface area contributed by atoms with Crippen molar-refractivity contribution in [2.75, 3.05) is 20.3 Å². The average Bonchev–Trinajstić information content (AvgIpc) is 2.43. The standard InChI is InChI=1S/C17H26ClNO2/c1-11(17(2,3)4)8-14(19-5)12-9-15-16(10-13(12)18)21-7-6-20-15/h9-11,14,19H,6-8H2,1-5H3. The molecule has 2 rings (SSSR count). The summed E-state index contributed by atoms with van der Waals surface area (Å²) in [5, 5.41) is 4.12. The molecule has 3 nitrogen and oxygen atoms in total. The van der Waals surface area contributed by atoms with Gasteiger partial charge in [-0.05, 0) is 36.4 Å². The highest BCUT2D eigenvalue weighted by atomic mass is 35.5. The van der Waals surface area contributed by atoms with E-state index in [0.29, 0.717) is 19.1 Å². The quantitative estimate of drug-likeness (QED) is 0.891. The van der Waals surface area contributed by atoms with E-state index in [4.69, 9.17) is 21.1 Å². The summed E-state index contributed by atoms with van der Waals surface area (Å²) < 4.78 is 11.3. The lowest BCUT2D eigenvalue weighted by molar-refractivity contribution is 0.171. The maximum Gasteiger partial charge on any atom is 0.162 e. The summed E-state index contributed by atoms with van der Waals surface area (Å²) >= 11 is 6.46. The average molecular weight is 312 g/mol. The molecule has 21 heavy (non-hydrogen) atoms. The maximum absolute atomic E-state index is 6.46. The number of halogens is 1. The molecule has 2 atom stereocenters. The number of fused-ring (bicyclic) bond motifs is 1. The van der Waals surface area contributed by atoms with E-state index in [-0.39, 0.29) is 11.5 Å². The molecule has 118 valence electrons. The van der Waals surface area contributed by atoms with Crippen molar-refractivity contribution in [3.8, 4) is 11.5 Å². The second-order valence-electron chi connectivity index (χ2n) is 6.86. The Bertz CT molecular complexity index is 496. The van der Waals surface area contributed by atoms with Gasteiger partial charge in [0, 0.05) is 17.1 Å². The van der Waals surface area contributed by atoms with Crippen LogP contribution in [0.1, 0.15) is 45.7 Å². The Balaban J connectivity index is 2.25. The first-order chi connectivity index (χ1) is 9.82. The van der Waals surface area contributed by atoms with Gasteiger partial charge < -0.3 is 14.8 Å². The van der Waals surface area contributed by atoms with E-state index in [1.165, 1.54) is 0 Å². The highest BCUT2D eigenvalue weighted by molar-refractivity contribution is 6.31. The number of ether oxygens (including phenoxy) is 2. The van der Waals surface area contributed by atoms with Gasteiger partial charge in [0.1, 0.15) is 13.2 Å². The molecule has 0 aromatic heterocycles. The van der Waals surface area contributed by atoms with Crippen LogP contribution in [0.3, 0.4) is 0 Å². The molecular weight excluding hydrogens is 286 g/mol. The SMILES string of the molecule is CNC(CC(C)C(C)(C)C)c1cc2c(cc1Cl)OCCO2. The van der Waals surface area contributed by atoms with Crippen LogP contribution in [0.5, 0.6) is 11.5 Å². The number of rotatable bonds is 4. The number of hydrogen-bond acceptors (Lipinski definition) is 3. The molecule has 0 bridgehead atoms. The van der Waals surface area contributed by atoms with Crippen LogP contribution in [-0.4, -0.2) is 20.3 Å². The minimum Gasteiger partial charge on any atom is -0.486 e. The lowest BCUT2D eigenvalue weighted by Crippen LogP contribution is -2.26. The van der Waals surface area contributed by atoms with E-state index >= 15 is 0 Å². The number of benzene rings is 1. The van der Waals surface area contributed by atoms with Crippen molar-refractivity contribution in [3.05, 3.63) is 22.7 Å². The largest absolute Gasteiger partial charge is 0.486 e. The van der Waals surface area contributed by atoms with Crippen molar-refractivity contribution in [2.45, 2.75) is 40.2 Å². The van der Waals surface area contributed by atoms with Gasteiger partial charge in [-0.1, -0.05) is 39.3 Å². The lowest BCUT2D eigenvalue weighted by Gasteiger charge is -2.31. The van der Waals surface area contributed by atoms with Crippen molar-refractivity contribution in [1.29, 1.82) is 0 Å². The molecule has 1 N–H and O–H groups in total. The van der Waals surface area contributed by atoms with Gasteiger partial charge in [0.05, 0.1) is 0 Å². The Morgan fingerprint density at radius 1 is 1.19 bits per heavy atom. The fraction of sp³-hybridized carbons (Fsp3) is 0.647. The third-order valence-corrected chi connectivity index (χ3v) is 4.78. The fourth-order valence-corrected chi connectivity index (χ4v) is 2.74. The molecule has 0 spiro atoms. The topological polar surface area (TPSA) is 30.5 Å². The maximum atomic E-state index is 6.46. The second-order valence-corrected chi connectivity index (χ2v) is 7.27. The predicted octanol–water partition coefficient (Wildman–Crippen LogP) is 4.44. The smallest absolute Gasteiger partial charge is 0.162 e. The lowest BCUT2D eigenvalue weighted by atomic mass is 9.77. The third-order valence-electron chi connectivity index (χ3n) is 4.45. The zero-order valence-electron chi connectivity index (χ0n) is 13.6. The first kappa shape index (κ1) is 16.4. The zero-order valence-corrected chi connectivity index (χ0v) is 14.4. The molecule has 0 saturated heterocycles. The van der Waals surface area contributed by atoms with Crippen LogP contribution >= 0.6 is 11.6 Å². The van der Waals surface area contributed by atoms with Crippen LogP contribution in [0, 0.1) is 11.3 Å². The van der Waals surface area contributed by atoms with Gasteiger partial charge in [-0.25, -0.2) is 0 Å². The first-order valence-electron chi connectivity index (χ1n) is 7.59. The molecule has 0 radical (unpaired) electrons. The van der Waals surface area contributed by atoms with Gasteiger partial charge in [0.2, 0.25) is 0 Å². The van der Waals surface area contributed by atoms with E-state index < -0.39 is 0 Å². The van der Waals surface area contributed by atoms with E-state index in [1.54, 1.807) is 0 Å². The van der Waals surface area contributed by atoms with E-state index in [9.17, 15) is 0 Å². The fourth-order valence-electron chi connectivity index (χ4n) is 2.45. The molecule has 1 aromatic carbocycles. The summed E-state index contributed by atoms with van der Waals surface area (Å²) in [7, 11) is 1.98. The zero-order chi connectivity index (χ0) is 15.6. The normalized spacial score (nSPS) is 17.4. The molecule has 0 fully saturated rings. The summed E-state index contributed by atoms with van der Waals surface area (Å²) in [6.45, 7) is 10.3. The Morgan fingerprint density at radius 3 is 2.29 bits per heavy atom. The molecule has 0 amide bonds. The monoisotopic (exact) mass is 311 g/mol. The third kappa shape index (κ3) is 3.83. The van der Waals surface area contributed by atoms with Crippen molar-refractivity contribution in [3.63, 3.8) is 0 Å². The summed E-state index contributed by atoms with van der Waals surface area (Å²) in [6.07, 6.45) is 1.03. The van der Waals surface area contributed by atoms with E-state index in [2.05, 4.69) is 33.0 Å². The van der Waals surface area contributed by atoms with Crippen molar-refractivity contribution in [1.82, 2.24) is 5.32 Å². The van der Waals surface area contributed by atoms with Crippen LogP contribution in [-0.2, 0) is 0 Å². The minimum absolute atomic E-state index is 0.211. The van der Waals surface area contributed by atoms with Crippen LogP contribution < -0.4 is 14.8 Å². The van der Waals surface area contributed by atoms with Gasteiger partial charge >= 0.3 is 0 Å². The molecule has 1 aromatic rings. The van der Waals surface area contributed by atoms with Crippen LogP contribution in [0.15, 0.2) is 12.1 Å². The van der Waals surface area contributed by atoms with E-state index in [1.807, 2.05) is 19.2 Å². The van der Waals surface area contributed by atoms with Crippen molar-refractivity contribution in [2.24, 2.45) is 11.3 Å². The molecule has 0 aliphatic carbocycles. The highest BCUT2D eigenvalue weighted by Crippen LogP contribution is 2.40. The van der Waals surface area contributed by atoms with Crippen molar-refractivity contribution >= 4 is 11.6 Å². The Kier molecular flexibility index (Phi) is 5.05. The van der Waals surface area contributed by atoms with Gasteiger partial charge in [0.25, 0.3) is 0 Å². The van der Waals surface area contributed by atoms with Gasteiger partial charge in [-0.15, -0.1) is 0 Å². The summed E-state index contributed by atoms with van der Waals surface area (Å²) in [5.41, 5.74) is 1.36. The van der Waals surface area contributed by atoms with E-state index in [0.717, 1.165) is 28.5 Å². The Labute approximate surface area is 133 Å². The van der Waals surface area contributed by atoms with Crippen LogP contribution in [0.4, 0.5) is 0 Å². The number of hydrogen-bond donors (Lipinski definition) is 1. The minimum atomic E-state index is 0.211. The van der Waals surface area contributed by atoms with Gasteiger partial charge in [0.15, 0.2) is 11.5 Å². The molecule has 1 aliphatic rings. The molecular formula is C17H26ClNO2. The molecule has 2 unspecified atom stereocenters. The van der Waals surface area contributed by atoms with Crippen LogP contribution in [0.25, 0.3) is 0 Å². The molecule has 1 heterocycles.